The number of rotatable bonds is 25. The highest BCUT2D eigenvalue weighted by atomic mass is 16.2. The lowest BCUT2D eigenvalue weighted by Gasteiger charge is -2.15. The minimum Gasteiger partial charge on any atom is -0.399 e. The maximum absolute atomic E-state index is 12.9. The number of unbranched alkanes of at least 4 members (excludes halogenated alkanes) is 6. The predicted molar refractivity (Wildman–Crippen MR) is 313 cm³/mol. The Kier molecular flexibility index (Phi) is 22.6. The molecule has 0 radical (unpaired) electrons. The third-order valence-corrected chi connectivity index (χ3v) is 13.1. The minimum absolute atomic E-state index is 0.0478. The van der Waals surface area contributed by atoms with E-state index in [0.717, 1.165) is 162 Å². The van der Waals surface area contributed by atoms with E-state index in [1.807, 2.05) is 110 Å². The number of nitrogens with two attached hydrogens (primary N) is 3. The summed E-state index contributed by atoms with van der Waals surface area (Å²) >= 11 is 0. The molecule has 74 heavy (non-hydrogen) atoms. The molecule has 0 unspecified atom stereocenters. The lowest BCUT2D eigenvalue weighted by molar-refractivity contribution is -0.515. The predicted octanol–water partition coefficient (Wildman–Crippen LogP) is 12.3. The molecule has 0 fully saturated rings. The zero-order valence-corrected chi connectivity index (χ0v) is 45.1. The van der Waals surface area contributed by atoms with Crippen molar-refractivity contribution in [3.63, 3.8) is 0 Å². The molecular formula is C62H82N10O2+2. The molecule has 0 saturated heterocycles. The molecule has 2 amide bonds. The average molecular weight is 999 g/mol. The number of hydrogen-bond donors (Lipinski definition) is 7. The summed E-state index contributed by atoms with van der Waals surface area (Å²) in [4.78, 5) is 34.5. The topological polar surface area (TPSA) is 179 Å². The molecule has 0 bridgehead atoms. The van der Waals surface area contributed by atoms with E-state index in [2.05, 4.69) is 91.0 Å². The van der Waals surface area contributed by atoms with Gasteiger partial charge in [-0.1, -0.05) is 68.2 Å². The molecular weight excluding hydrogens is 917 g/mol. The number of carbonyl (C=O) groups is 2. The van der Waals surface area contributed by atoms with Gasteiger partial charge in [0.15, 0.2) is 11.4 Å². The highest BCUT2D eigenvalue weighted by molar-refractivity contribution is 6.00. The van der Waals surface area contributed by atoms with Crippen LogP contribution < -0.4 is 38.1 Å². The van der Waals surface area contributed by atoms with Crippen molar-refractivity contribution < 1.29 is 19.5 Å². The second-order valence-electron chi connectivity index (χ2n) is 19.5. The van der Waals surface area contributed by atoms with Crippen molar-refractivity contribution in [1.82, 2.24) is 16.0 Å². The summed E-state index contributed by atoms with van der Waals surface area (Å²) < 4.78 is 1.83. The zero-order chi connectivity index (χ0) is 53.6. The van der Waals surface area contributed by atoms with Gasteiger partial charge in [0.1, 0.15) is 23.8 Å². The number of benzene rings is 4. The number of anilines is 2. The van der Waals surface area contributed by atoms with Gasteiger partial charge in [0.05, 0.1) is 0 Å². The van der Waals surface area contributed by atoms with Gasteiger partial charge >= 0.3 is 0 Å². The summed E-state index contributed by atoms with van der Waals surface area (Å²) in [6.07, 6.45) is 20.0. The third kappa shape index (κ3) is 17.9. The second-order valence-corrected chi connectivity index (χ2v) is 19.5. The van der Waals surface area contributed by atoms with Crippen molar-refractivity contribution in [1.29, 1.82) is 0 Å². The Morgan fingerprint density at radius 1 is 0.662 bits per heavy atom. The molecule has 0 spiro atoms. The Hall–Kier alpha value is -7.57. The molecule has 0 heterocycles. The highest BCUT2D eigenvalue weighted by Crippen LogP contribution is 2.36. The maximum atomic E-state index is 12.9. The van der Waals surface area contributed by atoms with Crippen LogP contribution >= 0.6 is 0 Å². The molecule has 2 aliphatic rings. The minimum atomic E-state index is -0.0687. The van der Waals surface area contributed by atoms with Crippen LogP contribution in [0.1, 0.15) is 130 Å². The van der Waals surface area contributed by atoms with Gasteiger partial charge in [0, 0.05) is 98.2 Å². The smallest absolute Gasteiger partial charge is 0.251 e. The highest BCUT2D eigenvalue weighted by Gasteiger charge is 2.19. The van der Waals surface area contributed by atoms with Crippen LogP contribution in [0, 0.1) is 13.8 Å². The summed E-state index contributed by atoms with van der Waals surface area (Å²) in [6.45, 7) is 30.9. The fourth-order valence-electron chi connectivity index (χ4n) is 8.53. The van der Waals surface area contributed by atoms with Crippen molar-refractivity contribution in [2.45, 2.75) is 112 Å². The summed E-state index contributed by atoms with van der Waals surface area (Å²) in [6, 6.07) is 23.3. The number of carbonyl (C=O) groups excluding carboxylic acids is 2. The van der Waals surface area contributed by atoms with E-state index in [9.17, 15) is 9.59 Å². The molecule has 0 aromatic heterocycles. The van der Waals surface area contributed by atoms with Crippen molar-refractivity contribution in [3.8, 4) is 11.1 Å². The van der Waals surface area contributed by atoms with Gasteiger partial charge in [-0.25, -0.2) is 4.99 Å². The van der Waals surface area contributed by atoms with Crippen LogP contribution in [0.2, 0.25) is 0 Å². The number of allylic oxidation sites excluding steroid dienone is 8. The number of hydrogen-bond acceptors (Lipinski definition) is 8. The summed E-state index contributed by atoms with van der Waals surface area (Å²) in [5.74, 6) is -0.116. The second kappa shape index (κ2) is 29.2. The number of aliphatic imine (C=N–C) groups is 2. The van der Waals surface area contributed by atoms with Crippen LogP contribution in [-0.2, 0) is 0 Å². The van der Waals surface area contributed by atoms with Crippen LogP contribution in [0.3, 0.4) is 0 Å². The van der Waals surface area contributed by atoms with Crippen LogP contribution in [0.5, 0.6) is 0 Å². The fraction of sp³-hybridized carbons (Fsp3) is 0.339. The molecule has 12 heteroatoms. The van der Waals surface area contributed by atoms with E-state index in [1.165, 1.54) is 11.3 Å². The largest absolute Gasteiger partial charge is 0.399 e. The first-order valence-electron chi connectivity index (χ1n) is 26.2. The van der Waals surface area contributed by atoms with E-state index in [0.29, 0.717) is 30.6 Å². The van der Waals surface area contributed by atoms with Gasteiger partial charge in [-0.3, -0.25) is 19.9 Å². The summed E-state index contributed by atoms with van der Waals surface area (Å²) in [5.41, 5.74) is 29.9. The van der Waals surface area contributed by atoms with Gasteiger partial charge < -0.3 is 32.7 Å². The van der Waals surface area contributed by atoms with Gasteiger partial charge in [-0.2, -0.15) is 4.58 Å². The van der Waals surface area contributed by atoms with E-state index in [1.54, 1.807) is 0 Å². The number of nitrogen functional groups attached to an aromatic ring is 1. The Bertz CT molecular complexity index is 2810. The van der Waals surface area contributed by atoms with E-state index in [-0.39, 0.29) is 11.8 Å². The molecule has 4 aromatic rings. The zero-order valence-electron chi connectivity index (χ0n) is 45.1. The molecule has 2 aliphatic carbocycles. The first kappa shape index (κ1) is 57.3. The van der Waals surface area contributed by atoms with Gasteiger partial charge in [0.2, 0.25) is 5.69 Å². The van der Waals surface area contributed by atoms with Crippen molar-refractivity contribution in [2.24, 2.45) is 15.7 Å². The van der Waals surface area contributed by atoms with Gasteiger partial charge in [-0.05, 0) is 162 Å². The summed E-state index contributed by atoms with van der Waals surface area (Å²) in [5, 5.41) is 15.2. The van der Waals surface area contributed by atoms with Gasteiger partial charge in [0.25, 0.3) is 11.8 Å². The Balaban J connectivity index is 0.000000625. The lowest BCUT2D eigenvalue weighted by Crippen LogP contribution is -2.74. The Morgan fingerprint density at radius 3 is 1.73 bits per heavy atom. The SMILES string of the molecule is C=C(C)[N+](=C)c1cc(NCCCCCCNC(=O)c2ccc(-c3ccc(C(=O)NCCCCCCNC4=CCCC=C4C)cc3)cc2)c(C)cc1N=C1C=C(C)C(N)=CC1.C=Nc1cc(C)c(N)cc1[NH2+]C(=C)C. The van der Waals surface area contributed by atoms with Crippen LogP contribution in [-0.4, -0.2) is 61.7 Å². The van der Waals surface area contributed by atoms with Crippen LogP contribution in [0.25, 0.3) is 11.1 Å². The number of nitrogens with one attached hydrogen (secondary N) is 4. The summed E-state index contributed by atoms with van der Waals surface area (Å²) in [7, 11) is 0. The standard InChI is InChI=1S/C51H65N7O2.C11H15N3/c1-36(2)58(6)49-35-47(39(5)34-48(49)57-44-27-28-45(52)38(4)33-44)54-30-14-8-10-16-32-56-51(60)43-25-21-41(22-26-43)40-19-23-42(24-20-40)50(59)55-31-15-9-7-13-29-53-46-18-12-11-17-37(46)3;1-7(2)14-11-6-9(12)8(3)5-10(11)13-4/h17-26,28,33-35,53-54H,1,6-16,27,29-32,52H2,2-5H3,(H-,55,56,59,60);5-6,14H,1,4,12H2,2-3H3/p+2. The molecule has 4 aromatic carbocycles. The first-order chi connectivity index (χ1) is 35.5. The van der Waals surface area contributed by atoms with Crippen LogP contribution in [0.4, 0.5) is 34.1 Å². The average Bonchev–Trinajstić information content (AvgIpc) is 3.38. The molecule has 12 nitrogen and oxygen atoms in total. The Labute approximate surface area is 441 Å². The Morgan fingerprint density at radius 2 is 1.20 bits per heavy atom. The van der Waals surface area contributed by atoms with E-state index < -0.39 is 0 Å². The van der Waals surface area contributed by atoms with Crippen molar-refractivity contribution in [2.75, 3.05) is 37.2 Å². The fourth-order valence-corrected chi connectivity index (χ4v) is 8.53. The first-order valence-corrected chi connectivity index (χ1v) is 26.2. The molecule has 0 aliphatic heterocycles. The van der Waals surface area contributed by atoms with Crippen LogP contribution in [0.15, 0.2) is 154 Å². The number of nitrogens with zero attached hydrogens (tertiary/aromatic N) is 3. The van der Waals surface area contributed by atoms with E-state index in [4.69, 9.17) is 16.5 Å². The number of aryl methyl sites for hydroxylation is 2. The van der Waals surface area contributed by atoms with Crippen molar-refractivity contribution in [3.05, 3.63) is 166 Å². The van der Waals surface area contributed by atoms with E-state index >= 15 is 0 Å². The lowest BCUT2D eigenvalue weighted by atomic mass is 10.0. The number of amides is 2. The molecule has 390 valence electrons. The quantitative estimate of drug-likeness (QED) is 0.0150. The third-order valence-electron chi connectivity index (χ3n) is 13.1. The number of quaternary nitrogens is 1. The van der Waals surface area contributed by atoms with Crippen molar-refractivity contribution >= 4 is 65.1 Å². The van der Waals surface area contributed by atoms with Gasteiger partial charge in [-0.15, -0.1) is 0 Å². The molecule has 6 rings (SSSR count). The normalized spacial score (nSPS) is 13.5. The molecule has 10 N–H and O–H groups in total. The molecule has 0 atom stereocenters. The maximum Gasteiger partial charge on any atom is 0.251 e. The molecule has 0 saturated carbocycles. The monoisotopic (exact) mass is 999 g/mol.